The SMILES string of the molecule is CCOc1cc(C(=O)NCCCOC)cc(I)c1OCc1ccccc1. The Bertz CT molecular complexity index is 706. The van der Waals surface area contributed by atoms with E-state index in [1.807, 2.05) is 43.3 Å². The van der Waals surface area contributed by atoms with E-state index < -0.39 is 0 Å². The van der Waals surface area contributed by atoms with E-state index in [2.05, 4.69) is 27.9 Å². The Morgan fingerprint density at radius 1 is 1.15 bits per heavy atom. The molecule has 0 saturated heterocycles. The first-order chi connectivity index (χ1) is 12.7. The van der Waals surface area contributed by atoms with Gasteiger partial charge in [-0.2, -0.15) is 0 Å². The number of carbonyl (C=O) groups excluding carboxylic acids is 1. The van der Waals surface area contributed by atoms with Crippen molar-refractivity contribution in [2.75, 3.05) is 26.9 Å². The second-order valence-corrected chi connectivity index (χ2v) is 6.76. The highest BCUT2D eigenvalue weighted by Crippen LogP contribution is 2.35. The topological polar surface area (TPSA) is 56.8 Å². The molecule has 0 bridgehead atoms. The summed E-state index contributed by atoms with van der Waals surface area (Å²) in [4.78, 5) is 12.4. The van der Waals surface area contributed by atoms with E-state index in [4.69, 9.17) is 14.2 Å². The van der Waals surface area contributed by atoms with E-state index in [0.717, 1.165) is 15.6 Å². The number of nitrogens with one attached hydrogen (secondary N) is 1. The minimum Gasteiger partial charge on any atom is -0.490 e. The Morgan fingerprint density at radius 3 is 2.62 bits per heavy atom. The first-order valence-electron chi connectivity index (χ1n) is 8.56. The first kappa shape index (κ1) is 20.5. The van der Waals surface area contributed by atoms with Crippen LogP contribution in [0.3, 0.4) is 0 Å². The van der Waals surface area contributed by atoms with Crippen LogP contribution >= 0.6 is 22.6 Å². The summed E-state index contributed by atoms with van der Waals surface area (Å²) in [5, 5.41) is 2.89. The summed E-state index contributed by atoms with van der Waals surface area (Å²) in [6, 6.07) is 13.5. The average molecular weight is 469 g/mol. The molecule has 0 saturated carbocycles. The van der Waals surface area contributed by atoms with Crippen LogP contribution < -0.4 is 14.8 Å². The summed E-state index contributed by atoms with van der Waals surface area (Å²) in [5.41, 5.74) is 1.63. The van der Waals surface area contributed by atoms with Gasteiger partial charge in [0.2, 0.25) is 0 Å². The number of rotatable bonds is 10. The van der Waals surface area contributed by atoms with Crippen LogP contribution in [0.15, 0.2) is 42.5 Å². The lowest BCUT2D eigenvalue weighted by atomic mass is 10.2. The van der Waals surface area contributed by atoms with Gasteiger partial charge in [0, 0.05) is 25.8 Å². The molecule has 0 aliphatic rings. The maximum absolute atomic E-state index is 12.4. The third kappa shape index (κ3) is 6.17. The van der Waals surface area contributed by atoms with Gasteiger partial charge in [0.1, 0.15) is 6.61 Å². The highest BCUT2D eigenvalue weighted by molar-refractivity contribution is 14.1. The number of halogens is 1. The molecule has 0 radical (unpaired) electrons. The minimum atomic E-state index is -0.130. The predicted molar refractivity (Wildman–Crippen MR) is 110 cm³/mol. The quantitative estimate of drug-likeness (QED) is 0.422. The highest BCUT2D eigenvalue weighted by Gasteiger charge is 2.16. The van der Waals surface area contributed by atoms with E-state index in [9.17, 15) is 4.79 Å². The smallest absolute Gasteiger partial charge is 0.251 e. The maximum Gasteiger partial charge on any atom is 0.251 e. The van der Waals surface area contributed by atoms with Gasteiger partial charge in [-0.25, -0.2) is 0 Å². The van der Waals surface area contributed by atoms with Crippen molar-refractivity contribution in [1.82, 2.24) is 5.32 Å². The van der Waals surface area contributed by atoms with Crippen LogP contribution in [0.5, 0.6) is 11.5 Å². The number of hydrogen-bond acceptors (Lipinski definition) is 4. The van der Waals surface area contributed by atoms with Crippen LogP contribution in [0.25, 0.3) is 0 Å². The van der Waals surface area contributed by atoms with Gasteiger partial charge in [-0.05, 0) is 53.6 Å². The zero-order valence-corrected chi connectivity index (χ0v) is 17.2. The van der Waals surface area contributed by atoms with Crippen molar-refractivity contribution in [2.45, 2.75) is 20.0 Å². The van der Waals surface area contributed by atoms with Gasteiger partial charge in [0.25, 0.3) is 5.91 Å². The van der Waals surface area contributed by atoms with Crippen molar-refractivity contribution in [1.29, 1.82) is 0 Å². The molecule has 0 fully saturated rings. The number of methoxy groups -OCH3 is 1. The standard InChI is InChI=1S/C20H24INO4/c1-3-25-18-13-16(20(23)22-10-7-11-24-2)12-17(21)19(18)26-14-15-8-5-4-6-9-15/h4-6,8-9,12-13H,3,7,10-11,14H2,1-2H3,(H,22,23). The van der Waals surface area contributed by atoms with Crippen LogP contribution in [0.4, 0.5) is 0 Å². The molecule has 0 aromatic heterocycles. The van der Waals surface area contributed by atoms with Crippen molar-refractivity contribution < 1.29 is 19.0 Å². The molecule has 26 heavy (non-hydrogen) atoms. The summed E-state index contributed by atoms with van der Waals surface area (Å²) in [6.07, 6.45) is 0.774. The molecule has 1 N–H and O–H groups in total. The predicted octanol–water partition coefficient (Wildman–Crippen LogP) is 4.04. The number of ether oxygens (including phenoxy) is 3. The molecule has 2 rings (SSSR count). The zero-order valence-electron chi connectivity index (χ0n) is 15.1. The van der Waals surface area contributed by atoms with Crippen LogP contribution in [-0.2, 0) is 11.3 Å². The van der Waals surface area contributed by atoms with Gasteiger partial charge in [-0.1, -0.05) is 30.3 Å². The van der Waals surface area contributed by atoms with Gasteiger partial charge in [-0.3, -0.25) is 4.79 Å². The maximum atomic E-state index is 12.4. The van der Waals surface area contributed by atoms with E-state index in [-0.39, 0.29) is 5.91 Å². The van der Waals surface area contributed by atoms with Crippen molar-refractivity contribution in [3.8, 4) is 11.5 Å². The molecular formula is C20H24INO4. The van der Waals surface area contributed by atoms with Crippen LogP contribution in [0, 0.1) is 3.57 Å². The first-order valence-corrected chi connectivity index (χ1v) is 9.63. The van der Waals surface area contributed by atoms with Crippen LogP contribution in [-0.4, -0.2) is 32.8 Å². The zero-order chi connectivity index (χ0) is 18.8. The molecule has 5 nitrogen and oxygen atoms in total. The summed E-state index contributed by atoms with van der Waals surface area (Å²) in [5.74, 6) is 1.11. The van der Waals surface area contributed by atoms with E-state index in [1.54, 1.807) is 13.2 Å². The number of benzene rings is 2. The number of carbonyl (C=O) groups is 1. The molecule has 0 atom stereocenters. The Kier molecular flexibility index (Phi) is 8.70. The van der Waals surface area contributed by atoms with Crippen molar-refractivity contribution in [2.24, 2.45) is 0 Å². The third-order valence-electron chi connectivity index (χ3n) is 3.61. The lowest BCUT2D eigenvalue weighted by Gasteiger charge is -2.15. The average Bonchev–Trinajstić information content (AvgIpc) is 2.65. The second-order valence-electron chi connectivity index (χ2n) is 5.59. The lowest BCUT2D eigenvalue weighted by molar-refractivity contribution is 0.0948. The van der Waals surface area contributed by atoms with Crippen LogP contribution in [0.2, 0.25) is 0 Å². The summed E-state index contributed by atoms with van der Waals surface area (Å²) in [6.45, 7) is 4.04. The molecule has 2 aromatic rings. The van der Waals surface area contributed by atoms with Gasteiger partial charge < -0.3 is 19.5 Å². The number of amides is 1. The van der Waals surface area contributed by atoms with E-state index >= 15 is 0 Å². The Labute approximate surface area is 168 Å². The fraction of sp³-hybridized carbons (Fsp3) is 0.350. The summed E-state index contributed by atoms with van der Waals surface area (Å²) in [7, 11) is 1.65. The normalized spacial score (nSPS) is 10.4. The fourth-order valence-electron chi connectivity index (χ4n) is 2.35. The second kappa shape index (κ2) is 11.0. The molecule has 6 heteroatoms. The van der Waals surface area contributed by atoms with E-state index in [0.29, 0.717) is 43.4 Å². The number of hydrogen-bond donors (Lipinski definition) is 1. The largest absolute Gasteiger partial charge is 0.490 e. The van der Waals surface area contributed by atoms with Gasteiger partial charge in [-0.15, -0.1) is 0 Å². The molecule has 1 amide bonds. The Morgan fingerprint density at radius 2 is 1.92 bits per heavy atom. The minimum absolute atomic E-state index is 0.130. The van der Waals surface area contributed by atoms with E-state index in [1.165, 1.54) is 0 Å². The third-order valence-corrected chi connectivity index (χ3v) is 4.41. The highest BCUT2D eigenvalue weighted by atomic mass is 127. The molecule has 0 aliphatic carbocycles. The molecule has 0 spiro atoms. The molecular weight excluding hydrogens is 445 g/mol. The van der Waals surface area contributed by atoms with Gasteiger partial charge in [0.15, 0.2) is 11.5 Å². The van der Waals surface area contributed by atoms with Crippen molar-refractivity contribution >= 4 is 28.5 Å². The Balaban J connectivity index is 2.12. The monoisotopic (exact) mass is 469 g/mol. The molecule has 0 aliphatic heterocycles. The van der Waals surface area contributed by atoms with Gasteiger partial charge in [0.05, 0.1) is 10.2 Å². The fourth-order valence-corrected chi connectivity index (χ4v) is 3.11. The summed E-state index contributed by atoms with van der Waals surface area (Å²) >= 11 is 2.17. The Hall–Kier alpha value is -1.80. The molecule has 140 valence electrons. The van der Waals surface area contributed by atoms with Crippen LogP contribution in [0.1, 0.15) is 29.3 Å². The summed E-state index contributed by atoms with van der Waals surface area (Å²) < 4.78 is 17.5. The molecule has 0 unspecified atom stereocenters. The van der Waals surface area contributed by atoms with Crippen molar-refractivity contribution in [3.63, 3.8) is 0 Å². The molecule has 0 heterocycles. The lowest BCUT2D eigenvalue weighted by Crippen LogP contribution is -2.25. The van der Waals surface area contributed by atoms with Crippen molar-refractivity contribution in [3.05, 3.63) is 57.2 Å². The van der Waals surface area contributed by atoms with Gasteiger partial charge >= 0.3 is 0 Å². The molecule has 2 aromatic carbocycles.